The lowest BCUT2D eigenvalue weighted by molar-refractivity contribution is -0.286. The highest BCUT2D eigenvalue weighted by atomic mass is 16.6. The number of rotatable bonds is 6. The van der Waals surface area contributed by atoms with Gasteiger partial charge in [0.2, 0.25) is 0 Å². The monoisotopic (exact) mass is 360 g/mol. The van der Waals surface area contributed by atoms with E-state index in [1.807, 2.05) is 0 Å². The molecule has 0 aliphatic carbocycles. The predicted molar refractivity (Wildman–Crippen MR) is 73.2 cm³/mol. The average Bonchev–Trinajstić information content (AvgIpc) is 2.60. The van der Waals surface area contributed by atoms with Crippen LogP contribution in [0.4, 0.5) is 0 Å². The SMILES string of the molecule is O=C[C@H](O)[C@H](O)[C@@H](O)[C@H](O)CO.OCC1O[C@@H](O)C(O)[C@H](O)[C@H]1O. The minimum absolute atomic E-state index is 0.0258. The van der Waals surface area contributed by atoms with Crippen molar-refractivity contribution in [2.24, 2.45) is 0 Å². The van der Waals surface area contributed by atoms with E-state index in [-0.39, 0.29) is 6.29 Å². The fourth-order valence-corrected chi connectivity index (χ4v) is 1.70. The molecule has 0 amide bonds. The molecule has 0 radical (unpaired) electrons. The molecule has 144 valence electrons. The van der Waals surface area contributed by atoms with Gasteiger partial charge >= 0.3 is 0 Å². The molecule has 1 rings (SSSR count). The van der Waals surface area contributed by atoms with Gasteiger partial charge in [0.25, 0.3) is 0 Å². The molecule has 1 heterocycles. The first-order chi connectivity index (χ1) is 11.1. The van der Waals surface area contributed by atoms with E-state index in [1.54, 1.807) is 0 Å². The van der Waals surface area contributed by atoms with Gasteiger partial charge in [0.1, 0.15) is 48.8 Å². The average molecular weight is 360 g/mol. The number of carbonyl (C=O) groups is 1. The minimum atomic E-state index is -1.79. The molecular weight excluding hydrogens is 336 g/mol. The Labute approximate surface area is 136 Å². The van der Waals surface area contributed by atoms with Gasteiger partial charge in [-0.2, -0.15) is 0 Å². The Bertz CT molecular complexity index is 350. The van der Waals surface area contributed by atoms with Crippen molar-refractivity contribution in [2.75, 3.05) is 13.2 Å². The first-order valence-corrected chi connectivity index (χ1v) is 6.89. The van der Waals surface area contributed by atoms with E-state index in [4.69, 9.17) is 51.1 Å². The normalized spacial score (nSPS) is 35.2. The molecule has 0 aromatic rings. The lowest BCUT2D eigenvalue weighted by atomic mass is 10.00. The predicted octanol–water partition coefficient (Wildman–Crippen LogP) is -6.60. The molecule has 2 unspecified atom stereocenters. The van der Waals surface area contributed by atoms with Gasteiger partial charge < -0.3 is 60.6 Å². The van der Waals surface area contributed by atoms with Gasteiger partial charge in [0.05, 0.1) is 13.2 Å². The topological polar surface area (TPSA) is 229 Å². The molecule has 1 saturated heterocycles. The molecule has 0 bridgehead atoms. The van der Waals surface area contributed by atoms with Crippen LogP contribution in [0.2, 0.25) is 0 Å². The Kier molecular flexibility index (Phi) is 10.6. The minimum Gasteiger partial charge on any atom is -0.394 e. The molecule has 0 aromatic carbocycles. The number of ether oxygens (including phenoxy) is 1. The molecule has 0 spiro atoms. The van der Waals surface area contributed by atoms with Crippen LogP contribution < -0.4 is 0 Å². The van der Waals surface area contributed by atoms with Crippen molar-refractivity contribution >= 4 is 6.29 Å². The summed E-state index contributed by atoms with van der Waals surface area (Å²) in [6.07, 6.45) is -13.9. The Morgan fingerprint density at radius 2 is 1.42 bits per heavy atom. The second kappa shape index (κ2) is 11.0. The van der Waals surface area contributed by atoms with Gasteiger partial charge in [-0.1, -0.05) is 0 Å². The van der Waals surface area contributed by atoms with E-state index < -0.39 is 68.3 Å². The molecule has 1 fully saturated rings. The smallest absolute Gasteiger partial charge is 0.184 e. The van der Waals surface area contributed by atoms with Gasteiger partial charge in [-0.15, -0.1) is 0 Å². The molecule has 0 saturated carbocycles. The summed E-state index contributed by atoms with van der Waals surface area (Å²) < 4.78 is 4.58. The number of aliphatic hydroxyl groups is 10. The van der Waals surface area contributed by atoms with Crippen LogP contribution in [0.15, 0.2) is 0 Å². The number of hydrogen-bond donors (Lipinski definition) is 10. The highest BCUT2D eigenvalue weighted by Gasteiger charge is 2.42. The first kappa shape index (κ1) is 23.2. The first-order valence-electron chi connectivity index (χ1n) is 6.89. The van der Waals surface area contributed by atoms with E-state index in [9.17, 15) is 4.79 Å². The van der Waals surface area contributed by atoms with Crippen LogP contribution in [-0.4, -0.2) is 126 Å². The molecule has 9 atom stereocenters. The highest BCUT2D eigenvalue weighted by Crippen LogP contribution is 2.19. The summed E-state index contributed by atoms with van der Waals surface area (Å²) in [5.41, 5.74) is 0. The fourth-order valence-electron chi connectivity index (χ4n) is 1.70. The van der Waals surface area contributed by atoms with E-state index in [1.165, 1.54) is 0 Å². The third kappa shape index (κ3) is 6.27. The Morgan fingerprint density at radius 3 is 1.83 bits per heavy atom. The molecule has 24 heavy (non-hydrogen) atoms. The van der Waals surface area contributed by atoms with Crippen molar-refractivity contribution in [3.05, 3.63) is 0 Å². The van der Waals surface area contributed by atoms with Gasteiger partial charge in [-0.3, -0.25) is 0 Å². The van der Waals surface area contributed by atoms with E-state index in [2.05, 4.69) is 4.74 Å². The molecule has 10 N–H and O–H groups in total. The number of hydrogen-bond acceptors (Lipinski definition) is 12. The zero-order valence-electron chi connectivity index (χ0n) is 12.5. The summed E-state index contributed by atoms with van der Waals surface area (Å²) >= 11 is 0. The van der Waals surface area contributed by atoms with Crippen LogP contribution in [0.3, 0.4) is 0 Å². The maximum Gasteiger partial charge on any atom is 0.184 e. The van der Waals surface area contributed by atoms with E-state index in [0.717, 1.165) is 0 Å². The van der Waals surface area contributed by atoms with Crippen molar-refractivity contribution in [3.8, 4) is 0 Å². The maximum atomic E-state index is 9.90. The summed E-state index contributed by atoms with van der Waals surface area (Å²) in [5.74, 6) is 0. The standard InChI is InChI=1S/2C6H12O6/c7-1-2-3(8)4(9)5(10)6(11)12-2;7-1-3(9)5(11)6(12)4(10)2-8/h2-11H,1H2;1,3-6,8-12H,2H2/t2?,3-,4+,5?,6+;3-,4+,5-,6-/m00/s1. The van der Waals surface area contributed by atoms with Crippen molar-refractivity contribution < 1.29 is 60.6 Å². The summed E-state index contributed by atoms with van der Waals surface area (Å²) in [5, 5.41) is 88.2. The van der Waals surface area contributed by atoms with Crippen LogP contribution >= 0.6 is 0 Å². The van der Waals surface area contributed by atoms with Crippen LogP contribution in [0, 0.1) is 0 Å². The largest absolute Gasteiger partial charge is 0.394 e. The van der Waals surface area contributed by atoms with E-state index >= 15 is 0 Å². The summed E-state index contributed by atoms with van der Waals surface area (Å²) in [6, 6.07) is 0. The summed E-state index contributed by atoms with van der Waals surface area (Å²) in [4.78, 5) is 9.90. The quantitative estimate of drug-likeness (QED) is 0.199. The molecule has 12 nitrogen and oxygen atoms in total. The highest BCUT2D eigenvalue weighted by molar-refractivity contribution is 5.56. The van der Waals surface area contributed by atoms with Crippen LogP contribution in [0.25, 0.3) is 0 Å². The Hall–Kier alpha value is -0.770. The van der Waals surface area contributed by atoms with Crippen LogP contribution in [-0.2, 0) is 9.53 Å². The third-order valence-electron chi connectivity index (χ3n) is 3.29. The van der Waals surface area contributed by atoms with Gasteiger partial charge in [0.15, 0.2) is 12.6 Å². The number of aldehydes is 1. The van der Waals surface area contributed by atoms with Crippen LogP contribution in [0.5, 0.6) is 0 Å². The van der Waals surface area contributed by atoms with Gasteiger partial charge in [0, 0.05) is 0 Å². The van der Waals surface area contributed by atoms with Crippen LogP contribution in [0.1, 0.15) is 0 Å². The zero-order valence-corrected chi connectivity index (χ0v) is 12.5. The molecule has 12 heteroatoms. The van der Waals surface area contributed by atoms with E-state index in [0.29, 0.717) is 0 Å². The second-order valence-electron chi connectivity index (χ2n) is 5.08. The maximum absolute atomic E-state index is 9.90. The van der Waals surface area contributed by atoms with Gasteiger partial charge in [-0.25, -0.2) is 0 Å². The Morgan fingerprint density at radius 1 is 0.875 bits per heavy atom. The number of aliphatic hydroxyl groups excluding tert-OH is 10. The molecular formula is C12H24O12. The summed E-state index contributed by atoms with van der Waals surface area (Å²) in [7, 11) is 0. The lowest BCUT2D eigenvalue weighted by Crippen LogP contribution is -2.58. The number of carbonyl (C=O) groups excluding carboxylic acids is 1. The molecule has 0 aromatic heterocycles. The third-order valence-corrected chi connectivity index (χ3v) is 3.29. The van der Waals surface area contributed by atoms with Crippen molar-refractivity contribution in [2.45, 2.75) is 55.1 Å². The van der Waals surface area contributed by atoms with Crippen molar-refractivity contribution in [1.29, 1.82) is 0 Å². The summed E-state index contributed by atoms with van der Waals surface area (Å²) in [6.45, 7) is -1.29. The zero-order chi connectivity index (χ0) is 19.0. The Balaban J connectivity index is 0.000000441. The molecule has 1 aliphatic heterocycles. The molecule has 1 aliphatic rings. The second-order valence-corrected chi connectivity index (χ2v) is 5.08. The van der Waals surface area contributed by atoms with Gasteiger partial charge in [-0.05, 0) is 0 Å². The lowest BCUT2D eigenvalue weighted by Gasteiger charge is -2.37. The van der Waals surface area contributed by atoms with Crippen molar-refractivity contribution in [1.82, 2.24) is 0 Å². The van der Waals surface area contributed by atoms with Crippen molar-refractivity contribution in [3.63, 3.8) is 0 Å². The fraction of sp³-hybridized carbons (Fsp3) is 0.917.